The number of primary amides is 1. The van der Waals surface area contributed by atoms with Crippen LogP contribution in [-0.4, -0.2) is 24.3 Å². The molecule has 0 saturated heterocycles. The zero-order chi connectivity index (χ0) is 22.4. The summed E-state index contributed by atoms with van der Waals surface area (Å²) in [5, 5.41) is 5.52. The Balaban J connectivity index is 1.68. The summed E-state index contributed by atoms with van der Waals surface area (Å²) in [5.74, 6) is -2.12. The quantitative estimate of drug-likeness (QED) is 0.517. The van der Waals surface area contributed by atoms with Crippen LogP contribution >= 0.6 is 11.6 Å². The highest BCUT2D eigenvalue weighted by Crippen LogP contribution is 2.23. The van der Waals surface area contributed by atoms with E-state index in [9.17, 15) is 18.8 Å². The first kappa shape index (κ1) is 21.8. The van der Waals surface area contributed by atoms with Crippen LogP contribution in [0, 0.1) is 5.82 Å². The second-order valence-electron chi connectivity index (χ2n) is 6.35. The SMILES string of the molecule is NC(=O)c1cc(Cl)ccc1OCC(=O)Nc1ccccc1C(=O)Nc1ccc(F)cc1. The third-order valence-electron chi connectivity index (χ3n) is 4.11. The first-order valence-corrected chi connectivity index (χ1v) is 9.39. The monoisotopic (exact) mass is 441 g/mol. The largest absolute Gasteiger partial charge is 0.483 e. The average molecular weight is 442 g/mol. The van der Waals surface area contributed by atoms with E-state index in [0.29, 0.717) is 10.7 Å². The van der Waals surface area contributed by atoms with Crippen LogP contribution in [0.15, 0.2) is 66.7 Å². The van der Waals surface area contributed by atoms with Crippen molar-refractivity contribution in [2.24, 2.45) is 5.73 Å². The molecule has 3 aromatic carbocycles. The number of amides is 3. The van der Waals surface area contributed by atoms with Crippen LogP contribution in [0.4, 0.5) is 15.8 Å². The molecular weight excluding hydrogens is 425 g/mol. The minimum atomic E-state index is -0.749. The lowest BCUT2D eigenvalue weighted by molar-refractivity contribution is -0.118. The minimum Gasteiger partial charge on any atom is -0.483 e. The highest BCUT2D eigenvalue weighted by atomic mass is 35.5. The number of para-hydroxylation sites is 1. The molecule has 3 rings (SSSR count). The molecule has 31 heavy (non-hydrogen) atoms. The molecule has 0 atom stereocenters. The molecule has 0 saturated carbocycles. The Kier molecular flexibility index (Phi) is 6.84. The summed E-state index contributed by atoms with van der Waals surface area (Å²) in [5.41, 5.74) is 6.19. The lowest BCUT2D eigenvalue weighted by atomic mass is 10.1. The molecule has 0 unspecified atom stereocenters. The third-order valence-corrected chi connectivity index (χ3v) is 4.35. The predicted molar refractivity (Wildman–Crippen MR) is 115 cm³/mol. The summed E-state index contributed by atoms with van der Waals surface area (Å²) in [6.07, 6.45) is 0. The maximum absolute atomic E-state index is 13.0. The standard InChI is InChI=1S/C22H17ClFN3O4/c23-13-5-10-19(17(11-13)21(25)29)31-12-20(28)27-18-4-2-1-3-16(18)22(30)26-15-8-6-14(24)7-9-15/h1-11H,12H2,(H2,25,29)(H,26,30)(H,27,28). The van der Waals surface area contributed by atoms with Gasteiger partial charge in [-0.1, -0.05) is 23.7 Å². The van der Waals surface area contributed by atoms with Gasteiger partial charge in [-0.2, -0.15) is 0 Å². The summed E-state index contributed by atoms with van der Waals surface area (Å²) in [6, 6.07) is 15.9. The van der Waals surface area contributed by atoms with Crippen LogP contribution in [0.1, 0.15) is 20.7 Å². The second-order valence-corrected chi connectivity index (χ2v) is 6.78. The van der Waals surface area contributed by atoms with E-state index in [1.807, 2.05) is 0 Å². The van der Waals surface area contributed by atoms with Crippen molar-refractivity contribution in [3.8, 4) is 5.75 Å². The summed E-state index contributed by atoms with van der Waals surface area (Å²) in [6.45, 7) is -0.435. The molecule has 0 radical (unpaired) electrons. The molecule has 9 heteroatoms. The molecule has 0 fully saturated rings. The number of carbonyl (C=O) groups is 3. The number of hydrogen-bond donors (Lipinski definition) is 3. The van der Waals surface area contributed by atoms with Gasteiger partial charge in [-0.3, -0.25) is 14.4 Å². The lowest BCUT2D eigenvalue weighted by Gasteiger charge is -2.13. The number of carbonyl (C=O) groups excluding carboxylic acids is 3. The third kappa shape index (κ3) is 5.80. The molecule has 0 spiro atoms. The Hall–Kier alpha value is -3.91. The maximum atomic E-state index is 13.0. The van der Waals surface area contributed by atoms with Gasteiger partial charge in [0.1, 0.15) is 11.6 Å². The number of anilines is 2. The van der Waals surface area contributed by atoms with Gasteiger partial charge >= 0.3 is 0 Å². The highest BCUT2D eigenvalue weighted by molar-refractivity contribution is 6.31. The molecular formula is C22H17ClFN3O4. The molecule has 4 N–H and O–H groups in total. The number of nitrogens with one attached hydrogen (secondary N) is 2. The van der Waals surface area contributed by atoms with Gasteiger partial charge in [0, 0.05) is 10.7 Å². The van der Waals surface area contributed by atoms with E-state index >= 15 is 0 Å². The first-order chi connectivity index (χ1) is 14.8. The average Bonchev–Trinajstić information content (AvgIpc) is 2.74. The molecule has 0 aromatic heterocycles. The van der Waals surface area contributed by atoms with Crippen molar-refractivity contribution < 1.29 is 23.5 Å². The van der Waals surface area contributed by atoms with Gasteiger partial charge in [0.2, 0.25) is 0 Å². The van der Waals surface area contributed by atoms with E-state index in [2.05, 4.69) is 10.6 Å². The number of halogens is 2. The fourth-order valence-corrected chi connectivity index (χ4v) is 2.84. The van der Waals surface area contributed by atoms with E-state index < -0.39 is 30.1 Å². The first-order valence-electron chi connectivity index (χ1n) is 9.01. The van der Waals surface area contributed by atoms with Crippen LogP contribution in [0.5, 0.6) is 5.75 Å². The lowest BCUT2D eigenvalue weighted by Crippen LogP contribution is -2.23. The van der Waals surface area contributed by atoms with Crippen molar-refractivity contribution in [3.05, 3.63) is 88.7 Å². The Morgan fingerprint density at radius 1 is 0.935 bits per heavy atom. The van der Waals surface area contributed by atoms with Crippen LogP contribution in [-0.2, 0) is 4.79 Å². The van der Waals surface area contributed by atoms with Crippen molar-refractivity contribution >= 4 is 40.7 Å². The summed E-state index contributed by atoms with van der Waals surface area (Å²) < 4.78 is 18.4. The molecule has 7 nitrogen and oxygen atoms in total. The maximum Gasteiger partial charge on any atom is 0.262 e. The van der Waals surface area contributed by atoms with Crippen molar-refractivity contribution in [3.63, 3.8) is 0 Å². The van der Waals surface area contributed by atoms with Crippen molar-refractivity contribution in [2.45, 2.75) is 0 Å². The molecule has 3 amide bonds. The van der Waals surface area contributed by atoms with E-state index in [1.165, 1.54) is 48.5 Å². The van der Waals surface area contributed by atoms with E-state index in [1.54, 1.807) is 18.2 Å². The van der Waals surface area contributed by atoms with Gasteiger partial charge < -0.3 is 21.1 Å². The van der Waals surface area contributed by atoms with E-state index in [-0.39, 0.29) is 22.6 Å². The zero-order valence-corrected chi connectivity index (χ0v) is 16.8. The number of hydrogen-bond acceptors (Lipinski definition) is 4. The van der Waals surface area contributed by atoms with Crippen LogP contribution < -0.4 is 21.1 Å². The fraction of sp³-hybridized carbons (Fsp3) is 0.0455. The number of nitrogens with two attached hydrogens (primary N) is 1. The van der Waals surface area contributed by atoms with Gasteiger partial charge in [0.05, 0.1) is 16.8 Å². The highest BCUT2D eigenvalue weighted by Gasteiger charge is 2.15. The number of rotatable bonds is 7. The van der Waals surface area contributed by atoms with Crippen LogP contribution in [0.2, 0.25) is 5.02 Å². The topological polar surface area (TPSA) is 111 Å². The normalized spacial score (nSPS) is 10.3. The summed E-state index contributed by atoms with van der Waals surface area (Å²) >= 11 is 5.84. The molecule has 158 valence electrons. The summed E-state index contributed by atoms with van der Waals surface area (Å²) in [4.78, 5) is 36.4. The van der Waals surface area contributed by atoms with Gasteiger partial charge in [0.25, 0.3) is 17.7 Å². The molecule has 3 aromatic rings. The van der Waals surface area contributed by atoms with Crippen LogP contribution in [0.3, 0.4) is 0 Å². The number of ether oxygens (including phenoxy) is 1. The van der Waals surface area contributed by atoms with Gasteiger partial charge in [-0.25, -0.2) is 4.39 Å². The fourth-order valence-electron chi connectivity index (χ4n) is 2.67. The smallest absolute Gasteiger partial charge is 0.262 e. The second kappa shape index (κ2) is 9.73. The Bertz CT molecular complexity index is 1140. The Labute approximate surface area is 182 Å². The van der Waals surface area contributed by atoms with E-state index in [0.717, 1.165) is 0 Å². The van der Waals surface area contributed by atoms with Crippen molar-refractivity contribution in [1.29, 1.82) is 0 Å². The Morgan fingerprint density at radius 3 is 2.35 bits per heavy atom. The summed E-state index contributed by atoms with van der Waals surface area (Å²) in [7, 11) is 0. The molecule has 0 aliphatic rings. The van der Waals surface area contributed by atoms with E-state index in [4.69, 9.17) is 22.1 Å². The van der Waals surface area contributed by atoms with Crippen LogP contribution in [0.25, 0.3) is 0 Å². The molecule has 0 aliphatic carbocycles. The Morgan fingerprint density at radius 2 is 1.65 bits per heavy atom. The zero-order valence-electron chi connectivity index (χ0n) is 16.0. The van der Waals surface area contributed by atoms with Gasteiger partial charge in [0.15, 0.2) is 6.61 Å². The van der Waals surface area contributed by atoms with Gasteiger partial charge in [-0.15, -0.1) is 0 Å². The molecule has 0 heterocycles. The molecule has 0 aliphatic heterocycles. The predicted octanol–water partition coefficient (Wildman–Crippen LogP) is 3.85. The van der Waals surface area contributed by atoms with Crippen molar-refractivity contribution in [2.75, 3.05) is 17.2 Å². The minimum absolute atomic E-state index is 0.0411. The van der Waals surface area contributed by atoms with Crippen molar-refractivity contribution in [1.82, 2.24) is 0 Å². The molecule has 0 bridgehead atoms. The van der Waals surface area contributed by atoms with Gasteiger partial charge in [-0.05, 0) is 54.6 Å². The number of benzene rings is 3.